The molecule has 0 aromatic heterocycles. The second-order valence-electron chi connectivity index (χ2n) is 2.32. The van der Waals surface area contributed by atoms with Gasteiger partial charge in [-0.1, -0.05) is 15.9 Å². The van der Waals surface area contributed by atoms with Crippen molar-refractivity contribution in [1.29, 1.82) is 0 Å². The first-order valence-corrected chi connectivity index (χ1v) is 4.08. The number of ether oxygens (including phenoxy) is 1. The first-order valence-electron chi connectivity index (χ1n) is 2.49. The first-order chi connectivity index (χ1) is 3.56. The Morgan fingerprint density at radius 3 is 1.25 bits per heavy atom. The molecule has 0 heterocycles. The van der Waals surface area contributed by atoms with Crippen LogP contribution >= 0.6 is 15.9 Å². The minimum Gasteiger partial charge on any atom is -0.379 e. The lowest BCUT2D eigenvalue weighted by molar-refractivity contribution is 0.0397. The van der Waals surface area contributed by atoms with E-state index >= 15 is 0 Å². The molecule has 0 atom stereocenters. The molecule has 0 saturated heterocycles. The van der Waals surface area contributed by atoms with Crippen LogP contribution in [0, 0.1) is 0 Å². The third kappa shape index (κ3) is 16.1. The molecule has 0 spiro atoms. The highest BCUT2D eigenvalue weighted by molar-refractivity contribution is 9.08. The summed E-state index contributed by atoms with van der Waals surface area (Å²) in [7, 11) is 1.71. The van der Waals surface area contributed by atoms with Crippen molar-refractivity contribution in [1.82, 2.24) is 0 Å². The highest BCUT2D eigenvalue weighted by Gasteiger charge is 2.03. The Hall–Kier alpha value is 0.440. The maximum Gasteiger partial charge on any atom is 0.0594 e. The summed E-state index contributed by atoms with van der Waals surface area (Å²) in [5, 5.41) is 0. The van der Waals surface area contributed by atoms with Crippen molar-refractivity contribution < 1.29 is 4.74 Å². The van der Waals surface area contributed by atoms with E-state index < -0.39 is 0 Å². The number of alkyl halides is 1. The van der Waals surface area contributed by atoms with Gasteiger partial charge in [-0.3, -0.25) is 0 Å². The molecule has 0 aromatic carbocycles. The monoisotopic (exact) mass is 182 g/mol. The lowest BCUT2D eigenvalue weighted by Crippen LogP contribution is -2.15. The zero-order chi connectivity index (χ0) is 7.21. The highest BCUT2D eigenvalue weighted by Crippen LogP contribution is 2.02. The third-order valence-corrected chi connectivity index (χ3v) is 0.612. The summed E-state index contributed by atoms with van der Waals surface area (Å²) in [5.41, 5.74) is 0.0417. The van der Waals surface area contributed by atoms with Crippen LogP contribution in [0.25, 0.3) is 0 Å². The third-order valence-electron chi connectivity index (χ3n) is 0.612. The Labute approximate surface area is 60.6 Å². The molecule has 8 heavy (non-hydrogen) atoms. The van der Waals surface area contributed by atoms with Crippen LogP contribution in [0.1, 0.15) is 20.8 Å². The van der Waals surface area contributed by atoms with Gasteiger partial charge < -0.3 is 4.74 Å². The average Bonchev–Trinajstić information content (AvgIpc) is 1.71. The van der Waals surface area contributed by atoms with E-state index in [1.807, 2.05) is 26.6 Å². The van der Waals surface area contributed by atoms with E-state index in [-0.39, 0.29) is 5.60 Å². The molecule has 1 nitrogen and oxygen atoms in total. The predicted octanol–water partition coefficient (Wildman–Crippen LogP) is 2.44. The molecule has 0 radical (unpaired) electrons. The van der Waals surface area contributed by atoms with E-state index in [1.165, 1.54) is 0 Å². The topological polar surface area (TPSA) is 9.23 Å². The van der Waals surface area contributed by atoms with Crippen molar-refractivity contribution in [2.24, 2.45) is 0 Å². The zero-order valence-electron chi connectivity index (χ0n) is 6.29. The Kier molecular flexibility index (Phi) is 7.85. The Morgan fingerprint density at radius 2 is 1.25 bits per heavy atom. The molecule has 0 bridgehead atoms. The molecular weight excluding hydrogens is 168 g/mol. The molecular formula is C6H15BrO. The van der Waals surface area contributed by atoms with Crippen LogP contribution in [-0.2, 0) is 4.74 Å². The van der Waals surface area contributed by atoms with E-state index in [0.717, 1.165) is 0 Å². The Morgan fingerprint density at radius 1 is 1.12 bits per heavy atom. The summed E-state index contributed by atoms with van der Waals surface area (Å²) in [6.07, 6.45) is 0. The van der Waals surface area contributed by atoms with Gasteiger partial charge in [-0.15, -0.1) is 0 Å². The Balaban J connectivity index is 0. The lowest BCUT2D eigenvalue weighted by atomic mass is 10.2. The number of hydrogen-bond acceptors (Lipinski definition) is 1. The fourth-order valence-electron chi connectivity index (χ4n) is 0. The molecule has 2 heteroatoms. The zero-order valence-corrected chi connectivity index (χ0v) is 7.87. The van der Waals surface area contributed by atoms with Crippen molar-refractivity contribution in [3.63, 3.8) is 0 Å². The molecule has 0 unspecified atom stereocenters. The molecule has 0 aliphatic heterocycles. The molecule has 52 valence electrons. The van der Waals surface area contributed by atoms with Gasteiger partial charge in [0.2, 0.25) is 0 Å². The fraction of sp³-hybridized carbons (Fsp3) is 1.00. The number of hydrogen-bond donors (Lipinski definition) is 0. The first kappa shape index (κ1) is 11.3. The molecule has 0 aliphatic carbocycles. The quantitative estimate of drug-likeness (QED) is 0.524. The van der Waals surface area contributed by atoms with E-state index in [0.29, 0.717) is 0 Å². The largest absolute Gasteiger partial charge is 0.379 e. The molecule has 0 saturated carbocycles. The maximum absolute atomic E-state index is 4.94. The highest BCUT2D eigenvalue weighted by atomic mass is 79.9. The van der Waals surface area contributed by atoms with Crippen LogP contribution in [0.4, 0.5) is 0 Å². The second-order valence-corrected chi connectivity index (χ2v) is 2.32. The lowest BCUT2D eigenvalue weighted by Gasteiger charge is -2.14. The van der Waals surface area contributed by atoms with Crippen LogP contribution in [0.3, 0.4) is 0 Å². The van der Waals surface area contributed by atoms with Crippen molar-refractivity contribution in [3.05, 3.63) is 0 Å². The van der Waals surface area contributed by atoms with E-state index in [2.05, 4.69) is 15.9 Å². The molecule has 0 aromatic rings. The summed E-state index contributed by atoms with van der Waals surface area (Å²) in [4.78, 5) is 0. The molecule has 0 N–H and O–H groups in total. The van der Waals surface area contributed by atoms with Gasteiger partial charge in [-0.2, -0.15) is 0 Å². The SMILES string of the molecule is CBr.COC(C)(C)C. The van der Waals surface area contributed by atoms with E-state index in [9.17, 15) is 0 Å². The van der Waals surface area contributed by atoms with Gasteiger partial charge in [0.15, 0.2) is 0 Å². The molecule has 0 rings (SSSR count). The van der Waals surface area contributed by atoms with E-state index in [1.54, 1.807) is 7.11 Å². The van der Waals surface area contributed by atoms with Crippen LogP contribution in [0.15, 0.2) is 0 Å². The van der Waals surface area contributed by atoms with Gasteiger partial charge in [0, 0.05) is 7.11 Å². The van der Waals surface area contributed by atoms with Crippen molar-refractivity contribution in [2.45, 2.75) is 26.4 Å². The number of halogens is 1. The average molecular weight is 183 g/mol. The number of methoxy groups -OCH3 is 1. The summed E-state index contributed by atoms with van der Waals surface area (Å²) in [6.45, 7) is 6.06. The van der Waals surface area contributed by atoms with Crippen molar-refractivity contribution in [2.75, 3.05) is 12.9 Å². The van der Waals surface area contributed by atoms with Crippen molar-refractivity contribution in [3.8, 4) is 0 Å². The molecule has 0 amide bonds. The van der Waals surface area contributed by atoms with E-state index in [4.69, 9.17) is 4.74 Å². The van der Waals surface area contributed by atoms with Gasteiger partial charge in [-0.25, -0.2) is 0 Å². The van der Waals surface area contributed by atoms with Gasteiger partial charge in [0.25, 0.3) is 0 Å². The Bertz CT molecular complexity index is 38.3. The number of rotatable bonds is 0. The minimum atomic E-state index is 0.0417. The molecule has 0 fully saturated rings. The van der Waals surface area contributed by atoms with Crippen LogP contribution < -0.4 is 0 Å². The maximum atomic E-state index is 4.94. The predicted molar refractivity (Wildman–Crippen MR) is 41.6 cm³/mol. The van der Waals surface area contributed by atoms with Crippen LogP contribution in [0.2, 0.25) is 0 Å². The summed E-state index contributed by atoms with van der Waals surface area (Å²) in [6, 6.07) is 0. The summed E-state index contributed by atoms with van der Waals surface area (Å²) in [5.74, 6) is 1.81. The fourth-order valence-corrected chi connectivity index (χ4v) is 0. The normalized spacial score (nSPS) is 9.75. The standard InChI is InChI=1S/C5H12O.CH3Br/c1-5(2,3)6-4;1-2/h1-4H3;1H3. The van der Waals surface area contributed by atoms with Crippen LogP contribution in [0.5, 0.6) is 0 Å². The van der Waals surface area contributed by atoms with Gasteiger partial charge in [0.05, 0.1) is 5.60 Å². The minimum absolute atomic E-state index is 0.0417. The van der Waals surface area contributed by atoms with Gasteiger partial charge in [0.1, 0.15) is 0 Å². The summed E-state index contributed by atoms with van der Waals surface area (Å²) >= 11 is 2.94. The van der Waals surface area contributed by atoms with Gasteiger partial charge in [-0.05, 0) is 26.6 Å². The second kappa shape index (κ2) is 5.57. The van der Waals surface area contributed by atoms with Crippen molar-refractivity contribution >= 4 is 15.9 Å². The van der Waals surface area contributed by atoms with Crippen LogP contribution in [-0.4, -0.2) is 18.5 Å². The summed E-state index contributed by atoms with van der Waals surface area (Å²) < 4.78 is 4.94. The van der Waals surface area contributed by atoms with Gasteiger partial charge >= 0.3 is 0 Å². The smallest absolute Gasteiger partial charge is 0.0594 e. The molecule has 0 aliphatic rings.